The third-order valence-corrected chi connectivity index (χ3v) is 1.89. The first-order valence-corrected chi connectivity index (χ1v) is 4.67. The van der Waals surface area contributed by atoms with Gasteiger partial charge in [0, 0.05) is 23.3 Å². The van der Waals surface area contributed by atoms with Gasteiger partial charge in [0.15, 0.2) is 0 Å². The average Bonchev–Trinajstić information content (AvgIpc) is 2.00. The van der Waals surface area contributed by atoms with Gasteiger partial charge in [-0.15, -0.1) is 0 Å². The molecule has 0 saturated heterocycles. The van der Waals surface area contributed by atoms with E-state index in [0.717, 1.165) is 0 Å². The highest BCUT2D eigenvalue weighted by molar-refractivity contribution is 5.40. The molecule has 0 amide bonds. The lowest BCUT2D eigenvalue weighted by Crippen LogP contribution is -2.35. The zero-order valence-corrected chi connectivity index (χ0v) is 8.89. The summed E-state index contributed by atoms with van der Waals surface area (Å²) in [7, 11) is 0. The Bertz CT molecular complexity index is 316. The molecule has 3 N–H and O–H groups in total. The van der Waals surface area contributed by atoms with Crippen molar-refractivity contribution in [3.8, 4) is 0 Å². The Kier molecular flexibility index (Phi) is 3.11. The maximum atomic E-state index is 13.3. The summed E-state index contributed by atoms with van der Waals surface area (Å²) in [5, 5.41) is 3.22. The van der Waals surface area contributed by atoms with Crippen molar-refractivity contribution in [1.29, 1.82) is 0 Å². The number of hydrogen-bond acceptors (Lipinski definition) is 2. The molecule has 0 radical (unpaired) electrons. The van der Waals surface area contributed by atoms with Crippen LogP contribution in [-0.2, 0) is 6.54 Å². The molecule has 3 heteroatoms. The molecule has 0 heterocycles. The van der Waals surface area contributed by atoms with Gasteiger partial charge in [0.2, 0.25) is 0 Å². The molecule has 1 aromatic rings. The van der Waals surface area contributed by atoms with E-state index in [1.807, 2.05) is 20.8 Å². The maximum Gasteiger partial charge on any atom is 0.129 e. The molecule has 0 unspecified atom stereocenters. The Balaban J connectivity index is 2.68. The van der Waals surface area contributed by atoms with Crippen molar-refractivity contribution < 1.29 is 4.39 Å². The van der Waals surface area contributed by atoms with Gasteiger partial charge in [-0.05, 0) is 32.9 Å². The van der Waals surface area contributed by atoms with Gasteiger partial charge in [-0.3, -0.25) is 0 Å². The third-order valence-electron chi connectivity index (χ3n) is 1.89. The van der Waals surface area contributed by atoms with Crippen molar-refractivity contribution in [3.63, 3.8) is 0 Å². The van der Waals surface area contributed by atoms with E-state index >= 15 is 0 Å². The summed E-state index contributed by atoms with van der Waals surface area (Å²) in [6.45, 7) is 6.65. The maximum absolute atomic E-state index is 13.3. The van der Waals surface area contributed by atoms with E-state index in [-0.39, 0.29) is 11.4 Å². The van der Waals surface area contributed by atoms with Gasteiger partial charge >= 0.3 is 0 Å². The third kappa shape index (κ3) is 3.34. The van der Waals surface area contributed by atoms with E-state index in [1.165, 1.54) is 6.07 Å². The summed E-state index contributed by atoms with van der Waals surface area (Å²) in [5.41, 5.74) is 6.55. The first kappa shape index (κ1) is 11.0. The summed E-state index contributed by atoms with van der Waals surface area (Å²) in [6.07, 6.45) is 0. The molecule has 0 aromatic heterocycles. The second-order valence-electron chi connectivity index (χ2n) is 4.45. The Morgan fingerprint density at radius 1 is 1.36 bits per heavy atom. The number of nitrogens with one attached hydrogen (secondary N) is 1. The van der Waals surface area contributed by atoms with E-state index in [4.69, 9.17) is 5.73 Å². The summed E-state index contributed by atoms with van der Waals surface area (Å²) in [5.74, 6) is -0.248. The number of nitrogen functional groups attached to an aromatic ring is 1. The Morgan fingerprint density at radius 2 is 2.00 bits per heavy atom. The molecular weight excluding hydrogens is 179 g/mol. The first-order chi connectivity index (χ1) is 6.38. The highest BCUT2D eigenvalue weighted by atomic mass is 19.1. The molecule has 0 fully saturated rings. The smallest absolute Gasteiger partial charge is 0.129 e. The van der Waals surface area contributed by atoms with Crippen LogP contribution >= 0.6 is 0 Å². The molecule has 2 nitrogen and oxygen atoms in total. The average molecular weight is 196 g/mol. The van der Waals surface area contributed by atoms with Crippen LogP contribution in [0.2, 0.25) is 0 Å². The van der Waals surface area contributed by atoms with Gasteiger partial charge in [-0.1, -0.05) is 6.07 Å². The molecule has 0 saturated carbocycles. The summed E-state index contributed by atoms with van der Waals surface area (Å²) in [6, 6.07) is 4.77. The Hall–Kier alpha value is -1.09. The van der Waals surface area contributed by atoms with Crippen LogP contribution in [0.25, 0.3) is 0 Å². The lowest BCUT2D eigenvalue weighted by Gasteiger charge is -2.20. The molecule has 0 atom stereocenters. The van der Waals surface area contributed by atoms with E-state index in [1.54, 1.807) is 12.1 Å². The van der Waals surface area contributed by atoms with Crippen LogP contribution in [0.4, 0.5) is 10.1 Å². The van der Waals surface area contributed by atoms with Crippen LogP contribution < -0.4 is 11.1 Å². The van der Waals surface area contributed by atoms with Gasteiger partial charge < -0.3 is 11.1 Å². The van der Waals surface area contributed by atoms with E-state index in [2.05, 4.69) is 5.32 Å². The minimum absolute atomic E-state index is 0.00612. The Morgan fingerprint density at radius 3 is 2.50 bits per heavy atom. The highest BCUT2D eigenvalue weighted by Crippen LogP contribution is 2.12. The predicted octanol–water partition coefficient (Wildman–Crippen LogP) is 2.30. The van der Waals surface area contributed by atoms with Gasteiger partial charge in [0.25, 0.3) is 0 Å². The Labute approximate surface area is 84.3 Å². The molecule has 1 aromatic carbocycles. The number of anilines is 1. The quantitative estimate of drug-likeness (QED) is 0.712. The molecule has 0 aliphatic rings. The molecule has 0 bridgehead atoms. The minimum Gasteiger partial charge on any atom is -0.399 e. The van der Waals surface area contributed by atoms with Crippen molar-refractivity contribution >= 4 is 5.69 Å². The van der Waals surface area contributed by atoms with Crippen molar-refractivity contribution in [2.75, 3.05) is 5.73 Å². The fraction of sp³-hybridized carbons (Fsp3) is 0.455. The zero-order valence-electron chi connectivity index (χ0n) is 8.89. The van der Waals surface area contributed by atoms with Gasteiger partial charge in [-0.25, -0.2) is 4.39 Å². The molecule has 0 aliphatic carbocycles. The zero-order chi connectivity index (χ0) is 10.8. The highest BCUT2D eigenvalue weighted by Gasteiger charge is 2.10. The number of hydrogen-bond donors (Lipinski definition) is 2. The number of halogens is 1. The predicted molar refractivity (Wildman–Crippen MR) is 57.4 cm³/mol. The molecule has 78 valence electrons. The summed E-state index contributed by atoms with van der Waals surface area (Å²) in [4.78, 5) is 0. The van der Waals surface area contributed by atoms with Crippen LogP contribution in [0, 0.1) is 5.82 Å². The van der Waals surface area contributed by atoms with Crippen molar-refractivity contribution in [3.05, 3.63) is 29.6 Å². The normalized spacial score (nSPS) is 11.7. The minimum atomic E-state index is -0.248. The van der Waals surface area contributed by atoms with Crippen molar-refractivity contribution in [2.24, 2.45) is 0 Å². The van der Waals surface area contributed by atoms with Crippen LogP contribution in [0.3, 0.4) is 0 Å². The van der Waals surface area contributed by atoms with Crippen LogP contribution in [-0.4, -0.2) is 5.54 Å². The molecule has 14 heavy (non-hydrogen) atoms. The topological polar surface area (TPSA) is 38.0 Å². The first-order valence-electron chi connectivity index (χ1n) is 4.67. The summed E-state index contributed by atoms with van der Waals surface area (Å²) < 4.78 is 13.3. The lowest BCUT2D eigenvalue weighted by molar-refractivity contribution is 0.418. The largest absolute Gasteiger partial charge is 0.399 e. The van der Waals surface area contributed by atoms with Gasteiger partial charge in [0.1, 0.15) is 5.82 Å². The monoisotopic (exact) mass is 196 g/mol. The second-order valence-corrected chi connectivity index (χ2v) is 4.45. The van der Waals surface area contributed by atoms with Crippen LogP contribution in [0.1, 0.15) is 26.3 Å². The van der Waals surface area contributed by atoms with Gasteiger partial charge in [0.05, 0.1) is 0 Å². The number of rotatable bonds is 2. The summed E-state index contributed by atoms with van der Waals surface area (Å²) >= 11 is 0. The molecule has 0 spiro atoms. The lowest BCUT2D eigenvalue weighted by atomic mass is 10.1. The molecule has 0 aliphatic heterocycles. The van der Waals surface area contributed by atoms with E-state index < -0.39 is 0 Å². The van der Waals surface area contributed by atoms with Crippen LogP contribution in [0.15, 0.2) is 18.2 Å². The van der Waals surface area contributed by atoms with E-state index in [0.29, 0.717) is 17.8 Å². The molecular formula is C11H17FN2. The van der Waals surface area contributed by atoms with Crippen LogP contribution in [0.5, 0.6) is 0 Å². The molecule has 1 rings (SSSR count). The van der Waals surface area contributed by atoms with Crippen molar-refractivity contribution in [2.45, 2.75) is 32.9 Å². The SMILES string of the molecule is CC(C)(C)NCc1ccc(N)cc1F. The fourth-order valence-corrected chi connectivity index (χ4v) is 1.07. The number of nitrogens with two attached hydrogens (primary N) is 1. The number of benzene rings is 1. The standard InChI is InChI=1S/C11H17FN2/c1-11(2,3)14-7-8-4-5-9(13)6-10(8)12/h4-6,14H,7,13H2,1-3H3. The van der Waals surface area contributed by atoms with E-state index in [9.17, 15) is 4.39 Å². The fourth-order valence-electron chi connectivity index (χ4n) is 1.07. The van der Waals surface area contributed by atoms with Gasteiger partial charge in [-0.2, -0.15) is 0 Å². The second kappa shape index (κ2) is 3.96. The van der Waals surface area contributed by atoms with Crippen molar-refractivity contribution in [1.82, 2.24) is 5.32 Å².